The summed E-state index contributed by atoms with van der Waals surface area (Å²) in [5.74, 6) is -1.64. The predicted molar refractivity (Wildman–Crippen MR) is 77.6 cm³/mol. The number of nitrogens with zero attached hydrogens (tertiary/aromatic N) is 1. The zero-order valence-electron chi connectivity index (χ0n) is 12.9. The van der Waals surface area contributed by atoms with E-state index >= 15 is 0 Å². The smallest absolute Gasteiger partial charge is 0.308 e. The Morgan fingerprint density at radius 2 is 2.09 bits per heavy atom. The molecule has 2 N–H and O–H groups in total. The summed E-state index contributed by atoms with van der Waals surface area (Å²) in [4.78, 5) is 23.4. The number of carboxylic acids is 1. The number of ether oxygens (including phenoxy) is 1. The summed E-state index contributed by atoms with van der Waals surface area (Å²) in [6.07, 6.45) is 1.40. The van der Waals surface area contributed by atoms with Crippen molar-refractivity contribution in [1.29, 1.82) is 0 Å². The molecule has 7 heteroatoms. The average Bonchev–Trinajstić information content (AvgIpc) is 2.98. The largest absolute Gasteiger partial charge is 0.481 e. The number of rotatable bonds is 6. The molecule has 1 atom stereocenters. The first-order chi connectivity index (χ1) is 10.5. The van der Waals surface area contributed by atoms with Crippen LogP contribution in [0.5, 0.6) is 0 Å². The van der Waals surface area contributed by atoms with Crippen molar-refractivity contribution in [3.05, 3.63) is 17.5 Å². The zero-order valence-corrected chi connectivity index (χ0v) is 12.9. The Morgan fingerprint density at radius 3 is 2.64 bits per heavy atom. The van der Waals surface area contributed by atoms with Gasteiger partial charge in [0.15, 0.2) is 0 Å². The molecule has 2 rings (SSSR count). The average molecular weight is 310 g/mol. The van der Waals surface area contributed by atoms with Gasteiger partial charge >= 0.3 is 5.97 Å². The van der Waals surface area contributed by atoms with E-state index in [1.54, 1.807) is 6.07 Å². The van der Waals surface area contributed by atoms with Gasteiger partial charge in [0, 0.05) is 25.8 Å². The highest BCUT2D eigenvalue weighted by Gasteiger charge is 2.30. The standard InChI is InChI=1S/C15H22N2O5/c1-9(2)12-7-13(22-17-12)14(18)16-8-11(15(19)20)10-3-5-21-6-4-10/h7,9-11H,3-6,8H2,1-2H3,(H,16,18)(H,19,20). The third-order valence-corrected chi connectivity index (χ3v) is 3.98. The summed E-state index contributed by atoms with van der Waals surface area (Å²) in [5, 5.41) is 15.8. The maximum absolute atomic E-state index is 12.0. The number of aromatic nitrogens is 1. The van der Waals surface area contributed by atoms with Gasteiger partial charge in [-0.05, 0) is 24.7 Å². The van der Waals surface area contributed by atoms with Crippen LogP contribution in [0.4, 0.5) is 0 Å². The Kier molecular flexibility index (Phi) is 5.54. The number of hydrogen-bond donors (Lipinski definition) is 2. The van der Waals surface area contributed by atoms with Crippen LogP contribution in [0.2, 0.25) is 0 Å². The number of amides is 1. The fraction of sp³-hybridized carbons (Fsp3) is 0.667. The lowest BCUT2D eigenvalue weighted by atomic mass is 9.86. The van der Waals surface area contributed by atoms with Gasteiger partial charge in [-0.3, -0.25) is 9.59 Å². The van der Waals surface area contributed by atoms with Crippen LogP contribution in [0.1, 0.15) is 48.9 Å². The molecule has 0 aromatic carbocycles. The quantitative estimate of drug-likeness (QED) is 0.828. The van der Waals surface area contributed by atoms with E-state index in [-0.39, 0.29) is 24.1 Å². The van der Waals surface area contributed by atoms with Crippen LogP contribution in [0, 0.1) is 11.8 Å². The highest BCUT2D eigenvalue weighted by Crippen LogP contribution is 2.24. The molecular weight excluding hydrogens is 288 g/mol. The molecular formula is C15H22N2O5. The molecule has 1 aromatic heterocycles. The molecule has 1 amide bonds. The number of aliphatic carboxylic acids is 1. The van der Waals surface area contributed by atoms with Crippen LogP contribution in [0.25, 0.3) is 0 Å². The normalized spacial score (nSPS) is 17.4. The number of carbonyl (C=O) groups is 2. The van der Waals surface area contributed by atoms with Crippen LogP contribution >= 0.6 is 0 Å². The van der Waals surface area contributed by atoms with Crippen molar-refractivity contribution in [2.45, 2.75) is 32.6 Å². The SMILES string of the molecule is CC(C)c1cc(C(=O)NCC(C(=O)O)C2CCOCC2)on1. The van der Waals surface area contributed by atoms with Crippen molar-refractivity contribution < 1.29 is 24.0 Å². The van der Waals surface area contributed by atoms with Gasteiger partial charge in [-0.2, -0.15) is 0 Å². The van der Waals surface area contributed by atoms with Crippen LogP contribution in [0.15, 0.2) is 10.6 Å². The van der Waals surface area contributed by atoms with Crippen molar-refractivity contribution >= 4 is 11.9 Å². The topological polar surface area (TPSA) is 102 Å². The van der Waals surface area contributed by atoms with Crippen LogP contribution in [-0.4, -0.2) is 41.9 Å². The van der Waals surface area contributed by atoms with E-state index in [1.807, 2.05) is 13.8 Å². The molecule has 0 saturated carbocycles. The number of hydrogen-bond acceptors (Lipinski definition) is 5. The fourth-order valence-corrected chi connectivity index (χ4v) is 2.53. The Balaban J connectivity index is 1.93. The van der Waals surface area contributed by atoms with E-state index in [2.05, 4.69) is 10.5 Å². The fourth-order valence-electron chi connectivity index (χ4n) is 2.53. The van der Waals surface area contributed by atoms with E-state index in [1.165, 1.54) is 0 Å². The summed E-state index contributed by atoms with van der Waals surface area (Å²) < 4.78 is 10.2. The first kappa shape index (κ1) is 16.5. The summed E-state index contributed by atoms with van der Waals surface area (Å²) in [5.41, 5.74) is 0.698. The Labute approximate surface area is 129 Å². The first-order valence-electron chi connectivity index (χ1n) is 7.54. The second-order valence-corrected chi connectivity index (χ2v) is 5.88. The molecule has 1 aromatic rings. The van der Waals surface area contributed by atoms with E-state index in [0.29, 0.717) is 31.7 Å². The van der Waals surface area contributed by atoms with Gasteiger partial charge in [0.25, 0.3) is 5.91 Å². The van der Waals surface area contributed by atoms with Gasteiger partial charge in [-0.15, -0.1) is 0 Å². The third-order valence-electron chi connectivity index (χ3n) is 3.98. The summed E-state index contributed by atoms with van der Waals surface area (Å²) >= 11 is 0. The van der Waals surface area contributed by atoms with Crippen LogP contribution < -0.4 is 5.32 Å². The molecule has 1 unspecified atom stereocenters. The lowest BCUT2D eigenvalue weighted by Gasteiger charge is -2.27. The van der Waals surface area contributed by atoms with Crippen molar-refractivity contribution in [1.82, 2.24) is 10.5 Å². The Morgan fingerprint density at radius 1 is 1.41 bits per heavy atom. The predicted octanol–water partition coefficient (Wildman–Crippen LogP) is 1.66. The molecule has 22 heavy (non-hydrogen) atoms. The highest BCUT2D eigenvalue weighted by molar-refractivity contribution is 5.91. The lowest BCUT2D eigenvalue weighted by Crippen LogP contribution is -2.38. The van der Waals surface area contributed by atoms with Gasteiger partial charge in [0.2, 0.25) is 5.76 Å². The van der Waals surface area contributed by atoms with Crippen molar-refractivity contribution in [2.75, 3.05) is 19.8 Å². The van der Waals surface area contributed by atoms with Gasteiger partial charge in [0.1, 0.15) is 0 Å². The van der Waals surface area contributed by atoms with E-state index in [4.69, 9.17) is 9.26 Å². The molecule has 0 aliphatic carbocycles. The second-order valence-electron chi connectivity index (χ2n) is 5.88. The molecule has 1 aliphatic rings. The minimum absolute atomic E-state index is 0.0208. The van der Waals surface area contributed by atoms with Crippen LogP contribution in [0.3, 0.4) is 0 Å². The van der Waals surface area contributed by atoms with Gasteiger partial charge < -0.3 is 19.7 Å². The molecule has 1 saturated heterocycles. The van der Waals surface area contributed by atoms with Gasteiger partial charge in [0.05, 0.1) is 11.6 Å². The summed E-state index contributed by atoms with van der Waals surface area (Å²) in [6.45, 7) is 5.12. The molecule has 122 valence electrons. The number of carboxylic acid groups (broad SMARTS) is 1. The second kappa shape index (κ2) is 7.40. The maximum atomic E-state index is 12.0. The van der Waals surface area contributed by atoms with E-state index in [0.717, 1.165) is 0 Å². The van der Waals surface area contributed by atoms with Gasteiger partial charge in [-0.1, -0.05) is 19.0 Å². The molecule has 2 heterocycles. The maximum Gasteiger partial charge on any atom is 0.308 e. The summed E-state index contributed by atoms with van der Waals surface area (Å²) in [7, 11) is 0. The molecule has 0 radical (unpaired) electrons. The van der Waals surface area contributed by atoms with E-state index < -0.39 is 17.8 Å². The molecule has 0 bridgehead atoms. The lowest BCUT2D eigenvalue weighted by molar-refractivity contribution is -0.144. The van der Waals surface area contributed by atoms with Crippen LogP contribution in [-0.2, 0) is 9.53 Å². The minimum Gasteiger partial charge on any atom is -0.481 e. The van der Waals surface area contributed by atoms with Gasteiger partial charge in [-0.25, -0.2) is 0 Å². The zero-order chi connectivity index (χ0) is 16.1. The monoisotopic (exact) mass is 310 g/mol. The molecule has 1 fully saturated rings. The van der Waals surface area contributed by atoms with Crippen molar-refractivity contribution in [2.24, 2.45) is 11.8 Å². The highest BCUT2D eigenvalue weighted by atomic mass is 16.5. The number of nitrogens with one attached hydrogen (secondary N) is 1. The molecule has 1 aliphatic heterocycles. The van der Waals surface area contributed by atoms with E-state index in [9.17, 15) is 14.7 Å². The number of carbonyl (C=O) groups excluding carboxylic acids is 1. The summed E-state index contributed by atoms with van der Waals surface area (Å²) in [6, 6.07) is 1.59. The van der Waals surface area contributed by atoms with Crippen molar-refractivity contribution in [3.63, 3.8) is 0 Å². The third kappa shape index (κ3) is 4.07. The minimum atomic E-state index is -0.896. The molecule has 7 nitrogen and oxygen atoms in total. The molecule has 0 spiro atoms. The first-order valence-corrected chi connectivity index (χ1v) is 7.54. The Bertz CT molecular complexity index is 520. The Hall–Kier alpha value is -1.89. The van der Waals surface area contributed by atoms with Crippen molar-refractivity contribution in [3.8, 4) is 0 Å².